The van der Waals surface area contributed by atoms with Crippen LogP contribution in [0.5, 0.6) is 5.75 Å². The van der Waals surface area contributed by atoms with E-state index in [9.17, 15) is 29.0 Å². The summed E-state index contributed by atoms with van der Waals surface area (Å²) in [5.41, 5.74) is 3.00. The van der Waals surface area contributed by atoms with Crippen LogP contribution in [0.1, 0.15) is 54.5 Å². The minimum Gasteiger partial charge on any atom is -0.508 e. The number of phenols is 1. The molecule has 1 heterocycles. The molecule has 0 spiro atoms. The molecule has 204 valence electrons. The third-order valence-corrected chi connectivity index (χ3v) is 7.22. The van der Waals surface area contributed by atoms with E-state index in [0.29, 0.717) is 36.9 Å². The zero-order valence-corrected chi connectivity index (χ0v) is 21.1. The molecule has 1 amide bonds. The minimum absolute atomic E-state index is 0.0244. The molecule has 1 aliphatic heterocycles. The number of aliphatic hydroxyl groups is 1. The van der Waals surface area contributed by atoms with Crippen LogP contribution in [0.2, 0.25) is 0 Å². The average molecular weight is 536 g/mol. The van der Waals surface area contributed by atoms with Crippen LogP contribution < -0.4 is 4.90 Å². The molecule has 0 aliphatic carbocycles. The molecule has 4 rings (SSSR count). The molecule has 0 aromatic heterocycles. The van der Waals surface area contributed by atoms with Crippen molar-refractivity contribution in [2.45, 2.75) is 44.2 Å². The van der Waals surface area contributed by atoms with E-state index >= 15 is 0 Å². The molecule has 3 aromatic carbocycles. The highest BCUT2D eigenvalue weighted by molar-refractivity contribution is 6.03. The molecule has 0 bridgehead atoms. The number of carboxylic acid groups (broad SMARTS) is 2. The number of amides is 1. The summed E-state index contributed by atoms with van der Waals surface area (Å²) in [6.07, 6.45) is 0.809. The van der Waals surface area contributed by atoms with Gasteiger partial charge >= 0.3 is 11.9 Å². The number of aliphatic carboxylic acids is 2. The van der Waals surface area contributed by atoms with E-state index < -0.39 is 35.7 Å². The Morgan fingerprint density at radius 1 is 0.872 bits per heavy atom. The lowest BCUT2D eigenvalue weighted by Gasteiger charge is -2.48. The van der Waals surface area contributed by atoms with Crippen molar-refractivity contribution in [3.05, 3.63) is 95.3 Å². The van der Waals surface area contributed by atoms with Crippen LogP contribution in [0.25, 0.3) is 0 Å². The van der Waals surface area contributed by atoms with Gasteiger partial charge in [0.2, 0.25) is 5.91 Å². The summed E-state index contributed by atoms with van der Waals surface area (Å²) in [7, 11) is 0. The largest absolute Gasteiger partial charge is 0.508 e. The highest BCUT2D eigenvalue weighted by Crippen LogP contribution is 2.46. The number of halogens is 1. The summed E-state index contributed by atoms with van der Waals surface area (Å²) in [6, 6.07) is 19.2. The van der Waals surface area contributed by atoms with Crippen LogP contribution in [0, 0.1) is 17.7 Å². The molecule has 1 fully saturated rings. The Morgan fingerprint density at radius 3 is 2.08 bits per heavy atom. The lowest BCUT2D eigenvalue weighted by molar-refractivity contribution is -0.154. The van der Waals surface area contributed by atoms with E-state index in [0.717, 1.165) is 11.1 Å². The molecule has 0 unspecified atom stereocenters. The van der Waals surface area contributed by atoms with Gasteiger partial charge in [-0.2, -0.15) is 0 Å². The van der Waals surface area contributed by atoms with Crippen molar-refractivity contribution in [3.8, 4) is 5.75 Å². The first kappa shape index (κ1) is 27.8. The number of benzene rings is 3. The van der Waals surface area contributed by atoms with Crippen molar-refractivity contribution in [2.75, 3.05) is 4.90 Å². The fourth-order valence-corrected chi connectivity index (χ4v) is 5.05. The van der Waals surface area contributed by atoms with E-state index in [1.54, 1.807) is 17.0 Å². The van der Waals surface area contributed by atoms with Crippen LogP contribution in [0.15, 0.2) is 72.8 Å². The normalized spacial score (nSPS) is 17.6. The zero-order chi connectivity index (χ0) is 28.1. The van der Waals surface area contributed by atoms with Crippen molar-refractivity contribution < 1.29 is 39.2 Å². The van der Waals surface area contributed by atoms with Gasteiger partial charge < -0.3 is 25.3 Å². The maximum Gasteiger partial charge on any atom is 0.317 e. The molecule has 1 aliphatic rings. The molecule has 4 N–H and O–H groups in total. The summed E-state index contributed by atoms with van der Waals surface area (Å²) in [4.78, 5) is 37.1. The van der Waals surface area contributed by atoms with Crippen molar-refractivity contribution in [1.82, 2.24) is 0 Å². The van der Waals surface area contributed by atoms with E-state index in [2.05, 4.69) is 0 Å². The van der Waals surface area contributed by atoms with E-state index in [4.69, 9.17) is 10.2 Å². The highest BCUT2D eigenvalue weighted by atomic mass is 19.1. The highest BCUT2D eigenvalue weighted by Gasteiger charge is 2.48. The Bertz CT molecular complexity index is 1290. The molecule has 0 radical (unpaired) electrons. The Morgan fingerprint density at radius 2 is 1.49 bits per heavy atom. The van der Waals surface area contributed by atoms with Gasteiger partial charge in [-0.25, -0.2) is 4.39 Å². The maximum absolute atomic E-state index is 13.2. The van der Waals surface area contributed by atoms with Gasteiger partial charge in [-0.3, -0.25) is 14.4 Å². The predicted octanol–water partition coefficient (Wildman–Crippen LogP) is 4.86. The lowest BCUT2D eigenvalue weighted by Crippen LogP contribution is -2.55. The Labute approximate surface area is 225 Å². The van der Waals surface area contributed by atoms with Crippen molar-refractivity contribution >= 4 is 23.5 Å². The van der Waals surface area contributed by atoms with Crippen LogP contribution in [0.4, 0.5) is 10.1 Å². The first-order valence-electron chi connectivity index (χ1n) is 12.8. The summed E-state index contributed by atoms with van der Waals surface area (Å²) in [5.74, 6) is -4.94. The Kier molecular flexibility index (Phi) is 8.61. The fourth-order valence-electron chi connectivity index (χ4n) is 5.05. The number of aromatic hydroxyl groups is 1. The van der Waals surface area contributed by atoms with Crippen molar-refractivity contribution in [2.24, 2.45) is 11.8 Å². The lowest BCUT2D eigenvalue weighted by atomic mass is 9.78. The van der Waals surface area contributed by atoms with Gasteiger partial charge in [0.1, 0.15) is 11.6 Å². The number of aliphatic hydroxyl groups excluding tert-OH is 1. The van der Waals surface area contributed by atoms with Crippen LogP contribution in [0.3, 0.4) is 0 Å². The molecule has 3 aromatic rings. The number of phenolic OH excluding ortho intramolecular Hbond substituents is 1. The Hall–Kier alpha value is -4.24. The van der Waals surface area contributed by atoms with Crippen molar-refractivity contribution in [3.63, 3.8) is 0 Å². The molecule has 0 saturated carbocycles. The van der Waals surface area contributed by atoms with Crippen LogP contribution in [-0.2, 0) is 20.8 Å². The summed E-state index contributed by atoms with van der Waals surface area (Å²) in [5, 5.41) is 38.4. The number of aryl methyl sites for hydroxylation is 1. The van der Waals surface area contributed by atoms with Gasteiger partial charge in [0.15, 0.2) is 5.92 Å². The van der Waals surface area contributed by atoms with Gasteiger partial charge in [-0.15, -0.1) is 0 Å². The Balaban J connectivity index is 1.48. The number of anilines is 1. The second-order valence-electron chi connectivity index (χ2n) is 9.78. The van der Waals surface area contributed by atoms with Crippen LogP contribution in [-0.4, -0.2) is 38.3 Å². The van der Waals surface area contributed by atoms with Crippen LogP contribution >= 0.6 is 0 Å². The van der Waals surface area contributed by atoms with Gasteiger partial charge in [0, 0.05) is 5.69 Å². The van der Waals surface area contributed by atoms with Crippen molar-refractivity contribution in [1.29, 1.82) is 0 Å². The minimum atomic E-state index is -1.44. The number of carboxylic acids is 2. The maximum atomic E-state index is 13.2. The van der Waals surface area contributed by atoms with Gasteiger partial charge in [0.25, 0.3) is 0 Å². The number of rotatable bonds is 12. The number of hydrogen-bond acceptors (Lipinski definition) is 5. The molecule has 9 heteroatoms. The first-order valence-corrected chi connectivity index (χ1v) is 12.8. The third-order valence-electron chi connectivity index (χ3n) is 7.22. The third kappa shape index (κ3) is 6.43. The second kappa shape index (κ2) is 12.1. The second-order valence-corrected chi connectivity index (χ2v) is 9.78. The molecular formula is C30H30FNO7. The number of hydrogen-bond donors (Lipinski definition) is 4. The van der Waals surface area contributed by atoms with Gasteiger partial charge in [-0.1, -0.05) is 36.4 Å². The fraction of sp³-hybridized carbons (Fsp3) is 0.300. The van der Waals surface area contributed by atoms with Gasteiger partial charge in [0.05, 0.1) is 18.1 Å². The summed E-state index contributed by atoms with van der Waals surface area (Å²) in [6.45, 7) is 0. The van der Waals surface area contributed by atoms with E-state index in [1.807, 2.05) is 24.3 Å². The molecular weight excluding hydrogens is 505 g/mol. The quantitative estimate of drug-likeness (QED) is 0.192. The summed E-state index contributed by atoms with van der Waals surface area (Å²) >= 11 is 0. The molecule has 8 nitrogen and oxygen atoms in total. The first-order chi connectivity index (χ1) is 18.7. The predicted molar refractivity (Wildman–Crippen MR) is 141 cm³/mol. The van der Waals surface area contributed by atoms with E-state index in [-0.39, 0.29) is 24.1 Å². The smallest absolute Gasteiger partial charge is 0.317 e. The number of nitrogens with zero attached hydrogens (tertiary/aromatic N) is 1. The monoisotopic (exact) mass is 535 g/mol. The molecule has 1 saturated heterocycles. The standard InChI is InChI=1S/C30H30FNO7/c31-21-10-8-19(9-11-21)26(34)17-16-24-27(32(28(24)35)22-12-14-23(33)15-13-22)20-6-4-18(5-7-20)2-1-3-25(29(36)37)30(38)39/h4-15,24-27,33-34H,1-3,16-17H2,(H,36,37)(H,38,39)/t24-,26+,27-/m1/s1. The number of carbonyl (C=O) groups is 3. The van der Waals surface area contributed by atoms with Gasteiger partial charge in [-0.05, 0) is 85.2 Å². The number of β-lactam (4-membered cyclic amide) rings is 1. The molecule has 39 heavy (non-hydrogen) atoms. The zero-order valence-electron chi connectivity index (χ0n) is 21.1. The average Bonchev–Trinajstić information content (AvgIpc) is 2.91. The SMILES string of the molecule is O=C(O)C(CCCc1ccc([C@@H]2[C@@H](CC[C@H](O)c3ccc(F)cc3)C(=O)N2c2ccc(O)cc2)cc1)C(=O)O. The van der Waals surface area contributed by atoms with E-state index in [1.165, 1.54) is 36.4 Å². The topological polar surface area (TPSA) is 135 Å². The summed E-state index contributed by atoms with van der Waals surface area (Å²) < 4.78 is 13.2. The number of carbonyl (C=O) groups excluding carboxylic acids is 1. The molecule has 3 atom stereocenters.